The first-order valence-electron chi connectivity index (χ1n) is 11.1. The fourth-order valence-electron chi connectivity index (χ4n) is 3.73. The first kappa shape index (κ1) is 25.9. The maximum absolute atomic E-state index is 13.5. The Morgan fingerprint density at radius 1 is 1.20 bits per heavy atom. The summed E-state index contributed by atoms with van der Waals surface area (Å²) in [7, 11) is 1.54. The molecular weight excluding hydrogens is 470 g/mol. The van der Waals surface area contributed by atoms with Crippen molar-refractivity contribution in [2.24, 2.45) is 0 Å². The number of nitrogens with one attached hydrogen (secondary N) is 2. The van der Waals surface area contributed by atoms with Crippen molar-refractivity contribution in [3.63, 3.8) is 0 Å². The highest BCUT2D eigenvalue weighted by molar-refractivity contribution is 7.10. The number of carbonyl (C=O) groups excluding carboxylic acids is 2. The van der Waals surface area contributed by atoms with Gasteiger partial charge in [-0.25, -0.2) is 4.79 Å². The molecule has 4 N–H and O–H groups in total. The molecular formula is C24H29N5O5S. The number of rotatable bonds is 11. The molecule has 3 rings (SSSR count). The summed E-state index contributed by atoms with van der Waals surface area (Å²) in [4.78, 5) is 55.2. The number of thiophene rings is 1. The van der Waals surface area contributed by atoms with Crippen molar-refractivity contribution in [1.82, 2.24) is 14.9 Å². The van der Waals surface area contributed by atoms with Crippen LogP contribution < -0.4 is 27.2 Å². The van der Waals surface area contributed by atoms with Crippen LogP contribution in [-0.4, -0.2) is 41.6 Å². The average Bonchev–Trinajstić information content (AvgIpc) is 3.36. The second-order valence-electron chi connectivity index (χ2n) is 7.93. The van der Waals surface area contributed by atoms with E-state index in [4.69, 9.17) is 10.5 Å². The molecule has 11 heteroatoms. The van der Waals surface area contributed by atoms with Gasteiger partial charge in [0.1, 0.15) is 5.82 Å². The van der Waals surface area contributed by atoms with Gasteiger partial charge >= 0.3 is 5.69 Å². The van der Waals surface area contributed by atoms with Gasteiger partial charge in [0.15, 0.2) is 5.69 Å². The van der Waals surface area contributed by atoms with Crippen LogP contribution in [0.15, 0.2) is 57.4 Å². The van der Waals surface area contributed by atoms with Crippen LogP contribution in [0.2, 0.25) is 0 Å². The van der Waals surface area contributed by atoms with E-state index in [0.29, 0.717) is 13.0 Å². The molecule has 2 amide bonds. The molecule has 0 aliphatic rings. The number of aromatic amines is 1. The number of nitrogens with zero attached hydrogens (tertiary/aromatic N) is 2. The minimum atomic E-state index is -0.755. The van der Waals surface area contributed by atoms with Gasteiger partial charge in [-0.2, -0.15) is 0 Å². The fourth-order valence-corrected chi connectivity index (χ4v) is 4.51. The van der Waals surface area contributed by atoms with Crippen LogP contribution in [0.4, 0.5) is 11.5 Å². The lowest BCUT2D eigenvalue weighted by molar-refractivity contribution is -0.121. The molecule has 0 saturated carbocycles. The SMILES string of the molecule is COCCCN(C(=O)CC(NC(C)=O)c1cccs1)c1c(N)n(Cc2ccccc2)c(=O)[nH]c1=O. The van der Waals surface area contributed by atoms with Crippen LogP contribution in [0, 0.1) is 0 Å². The predicted molar refractivity (Wildman–Crippen MR) is 136 cm³/mol. The quantitative estimate of drug-likeness (QED) is 0.344. The minimum absolute atomic E-state index is 0.0935. The van der Waals surface area contributed by atoms with E-state index in [1.807, 2.05) is 47.8 Å². The number of hydrogen-bond acceptors (Lipinski definition) is 7. The lowest BCUT2D eigenvalue weighted by Gasteiger charge is -2.26. The molecule has 10 nitrogen and oxygen atoms in total. The van der Waals surface area contributed by atoms with Crippen molar-refractivity contribution in [2.45, 2.75) is 32.4 Å². The van der Waals surface area contributed by atoms with Crippen molar-refractivity contribution in [3.8, 4) is 0 Å². The summed E-state index contributed by atoms with van der Waals surface area (Å²) in [5.41, 5.74) is 5.61. The summed E-state index contributed by atoms with van der Waals surface area (Å²) in [6, 6.07) is 12.3. The molecule has 0 saturated heterocycles. The molecule has 3 aromatic rings. The van der Waals surface area contributed by atoms with Crippen molar-refractivity contribution in [2.75, 3.05) is 30.9 Å². The van der Waals surface area contributed by atoms with Gasteiger partial charge < -0.3 is 20.7 Å². The monoisotopic (exact) mass is 499 g/mol. The van der Waals surface area contributed by atoms with Crippen LogP contribution >= 0.6 is 11.3 Å². The lowest BCUT2D eigenvalue weighted by atomic mass is 10.1. The number of hydrogen-bond donors (Lipinski definition) is 3. The number of ether oxygens (including phenoxy) is 1. The van der Waals surface area contributed by atoms with E-state index in [1.165, 1.54) is 34.8 Å². The number of H-pyrrole nitrogens is 1. The molecule has 0 aliphatic heterocycles. The number of amides is 2. The van der Waals surface area contributed by atoms with E-state index in [2.05, 4.69) is 10.3 Å². The summed E-state index contributed by atoms with van der Waals surface area (Å²) in [5.74, 6) is -0.813. The third kappa shape index (κ3) is 6.67. The Bertz CT molecular complexity index is 1250. The highest BCUT2D eigenvalue weighted by Crippen LogP contribution is 2.25. The van der Waals surface area contributed by atoms with Gasteiger partial charge in [0.25, 0.3) is 5.56 Å². The Balaban J connectivity index is 2.00. The summed E-state index contributed by atoms with van der Waals surface area (Å²) in [6.45, 7) is 1.99. The maximum atomic E-state index is 13.5. The van der Waals surface area contributed by atoms with Gasteiger partial charge in [0.05, 0.1) is 19.0 Å². The number of nitrogen functional groups attached to an aromatic ring is 1. The first-order chi connectivity index (χ1) is 16.8. The van der Waals surface area contributed by atoms with Crippen LogP contribution in [-0.2, 0) is 20.9 Å². The molecule has 0 bridgehead atoms. The first-order valence-corrected chi connectivity index (χ1v) is 12.0. The van der Waals surface area contributed by atoms with Crippen molar-refractivity contribution < 1.29 is 14.3 Å². The molecule has 186 valence electrons. The lowest BCUT2D eigenvalue weighted by Crippen LogP contribution is -2.43. The highest BCUT2D eigenvalue weighted by Gasteiger charge is 2.27. The molecule has 0 aliphatic carbocycles. The molecule has 2 aromatic heterocycles. The normalized spacial score (nSPS) is 11.7. The molecule has 2 heterocycles. The van der Waals surface area contributed by atoms with E-state index in [-0.39, 0.29) is 36.9 Å². The number of anilines is 2. The molecule has 0 fully saturated rings. The van der Waals surface area contributed by atoms with E-state index in [0.717, 1.165) is 10.4 Å². The smallest absolute Gasteiger partial charge is 0.330 e. The molecule has 1 atom stereocenters. The van der Waals surface area contributed by atoms with Crippen LogP contribution in [0.1, 0.15) is 36.2 Å². The molecule has 1 unspecified atom stereocenters. The van der Waals surface area contributed by atoms with Gasteiger partial charge in [0, 0.05) is 32.1 Å². The second-order valence-corrected chi connectivity index (χ2v) is 8.91. The van der Waals surface area contributed by atoms with Crippen molar-refractivity contribution >= 4 is 34.7 Å². The third-order valence-electron chi connectivity index (χ3n) is 5.34. The third-order valence-corrected chi connectivity index (χ3v) is 6.33. The van der Waals surface area contributed by atoms with Gasteiger partial charge in [-0.3, -0.25) is 23.9 Å². The molecule has 0 radical (unpaired) electrons. The van der Waals surface area contributed by atoms with Gasteiger partial charge in [0.2, 0.25) is 11.8 Å². The largest absolute Gasteiger partial charge is 0.385 e. The van der Waals surface area contributed by atoms with E-state index >= 15 is 0 Å². The molecule has 0 spiro atoms. The Hall–Kier alpha value is -3.70. The summed E-state index contributed by atoms with van der Waals surface area (Å²) in [6.07, 6.45) is 0.340. The number of carbonyl (C=O) groups is 2. The Morgan fingerprint density at radius 2 is 1.94 bits per heavy atom. The van der Waals surface area contributed by atoms with Crippen molar-refractivity contribution in [3.05, 3.63) is 79.1 Å². The fraction of sp³-hybridized carbons (Fsp3) is 0.333. The summed E-state index contributed by atoms with van der Waals surface area (Å²) in [5, 5.41) is 4.65. The minimum Gasteiger partial charge on any atom is -0.385 e. The van der Waals surface area contributed by atoms with Gasteiger partial charge in [-0.1, -0.05) is 36.4 Å². The number of aromatic nitrogens is 2. The van der Waals surface area contributed by atoms with E-state index in [9.17, 15) is 19.2 Å². The number of nitrogens with two attached hydrogens (primary N) is 1. The Morgan fingerprint density at radius 3 is 2.57 bits per heavy atom. The van der Waals surface area contributed by atoms with E-state index < -0.39 is 23.2 Å². The maximum Gasteiger partial charge on any atom is 0.330 e. The molecule has 35 heavy (non-hydrogen) atoms. The standard InChI is InChI=1S/C24H29N5O5S/c1-16(30)26-18(19-10-6-13-35-19)14-20(31)28(11-7-12-34-2)21-22(25)29(24(33)27-23(21)32)15-17-8-4-3-5-9-17/h3-6,8-10,13,18H,7,11-12,14-15,25H2,1-2H3,(H,26,30)(H,27,32,33). The average molecular weight is 500 g/mol. The zero-order chi connectivity index (χ0) is 25.4. The zero-order valence-electron chi connectivity index (χ0n) is 19.7. The number of methoxy groups -OCH3 is 1. The van der Waals surface area contributed by atoms with Crippen LogP contribution in [0.5, 0.6) is 0 Å². The second kappa shape index (κ2) is 12.1. The Labute approximate surface area is 206 Å². The Kier molecular flexibility index (Phi) is 8.98. The van der Waals surface area contributed by atoms with Crippen LogP contribution in [0.3, 0.4) is 0 Å². The van der Waals surface area contributed by atoms with E-state index in [1.54, 1.807) is 0 Å². The zero-order valence-corrected chi connectivity index (χ0v) is 20.5. The van der Waals surface area contributed by atoms with Crippen molar-refractivity contribution in [1.29, 1.82) is 0 Å². The number of benzene rings is 1. The van der Waals surface area contributed by atoms with Gasteiger partial charge in [-0.15, -0.1) is 11.3 Å². The predicted octanol–water partition coefficient (Wildman–Crippen LogP) is 1.87. The van der Waals surface area contributed by atoms with Gasteiger partial charge in [-0.05, 0) is 23.4 Å². The highest BCUT2D eigenvalue weighted by atomic mass is 32.1. The summed E-state index contributed by atoms with van der Waals surface area (Å²) >= 11 is 1.41. The topological polar surface area (TPSA) is 140 Å². The summed E-state index contributed by atoms with van der Waals surface area (Å²) < 4.78 is 6.35. The molecule has 1 aromatic carbocycles. The van der Waals surface area contributed by atoms with Crippen LogP contribution in [0.25, 0.3) is 0 Å².